The van der Waals surface area contributed by atoms with Crippen LogP contribution in [-0.2, 0) is 11.2 Å². The number of fused-ring (bicyclic) bond motifs is 1. The van der Waals surface area contributed by atoms with Gasteiger partial charge < -0.3 is 9.84 Å². The SMILES string of the molecule is CC1CCc2ccc(C(C)C(C)C(=O)O)cc2O1. The predicted octanol–water partition coefficient (Wildman–Crippen LogP) is 3.22. The average molecular weight is 248 g/mol. The van der Waals surface area contributed by atoms with Gasteiger partial charge in [-0.25, -0.2) is 0 Å². The van der Waals surface area contributed by atoms with Crippen LogP contribution < -0.4 is 4.74 Å². The van der Waals surface area contributed by atoms with Gasteiger partial charge in [-0.05, 0) is 42.9 Å². The number of rotatable bonds is 3. The van der Waals surface area contributed by atoms with E-state index in [-0.39, 0.29) is 17.9 Å². The highest BCUT2D eigenvalue weighted by Gasteiger charge is 2.23. The second kappa shape index (κ2) is 5.01. The number of hydrogen-bond acceptors (Lipinski definition) is 2. The molecule has 1 aliphatic heterocycles. The van der Waals surface area contributed by atoms with E-state index in [1.165, 1.54) is 5.56 Å². The Morgan fingerprint density at radius 3 is 2.83 bits per heavy atom. The largest absolute Gasteiger partial charge is 0.490 e. The molecule has 2 rings (SSSR count). The van der Waals surface area contributed by atoms with E-state index in [9.17, 15) is 4.79 Å². The number of aliphatic carboxylic acids is 1. The van der Waals surface area contributed by atoms with Crippen LogP contribution in [0.3, 0.4) is 0 Å². The lowest BCUT2D eigenvalue weighted by Crippen LogP contribution is -2.20. The van der Waals surface area contributed by atoms with Crippen molar-refractivity contribution in [2.24, 2.45) is 5.92 Å². The van der Waals surface area contributed by atoms with Crippen LogP contribution in [0.25, 0.3) is 0 Å². The number of carboxylic acid groups (broad SMARTS) is 1. The molecule has 1 aromatic carbocycles. The fourth-order valence-electron chi connectivity index (χ4n) is 2.31. The Bertz CT molecular complexity index is 453. The van der Waals surface area contributed by atoms with Crippen LogP contribution in [0.1, 0.15) is 44.2 Å². The molecule has 0 saturated carbocycles. The highest BCUT2D eigenvalue weighted by atomic mass is 16.5. The normalized spacial score (nSPS) is 21.6. The van der Waals surface area contributed by atoms with Crippen LogP contribution in [0, 0.1) is 5.92 Å². The molecule has 18 heavy (non-hydrogen) atoms. The first kappa shape index (κ1) is 12.9. The highest BCUT2D eigenvalue weighted by molar-refractivity contribution is 5.70. The van der Waals surface area contributed by atoms with Gasteiger partial charge in [0.1, 0.15) is 5.75 Å². The molecule has 1 aliphatic rings. The summed E-state index contributed by atoms with van der Waals surface area (Å²) in [6.45, 7) is 5.77. The van der Waals surface area contributed by atoms with Crippen LogP contribution in [0.15, 0.2) is 18.2 Å². The second-order valence-corrected chi connectivity index (χ2v) is 5.25. The minimum atomic E-state index is -0.755. The van der Waals surface area contributed by atoms with E-state index in [1.54, 1.807) is 6.92 Å². The van der Waals surface area contributed by atoms with Gasteiger partial charge in [-0.2, -0.15) is 0 Å². The molecule has 0 fully saturated rings. The summed E-state index contributed by atoms with van der Waals surface area (Å²) in [5, 5.41) is 9.06. The Morgan fingerprint density at radius 2 is 2.17 bits per heavy atom. The minimum Gasteiger partial charge on any atom is -0.490 e. The van der Waals surface area contributed by atoms with Crippen molar-refractivity contribution in [3.05, 3.63) is 29.3 Å². The molecule has 0 saturated heterocycles. The average Bonchev–Trinajstić information content (AvgIpc) is 2.35. The zero-order valence-electron chi connectivity index (χ0n) is 11.1. The van der Waals surface area contributed by atoms with Gasteiger partial charge in [0.15, 0.2) is 0 Å². The summed E-state index contributed by atoms with van der Waals surface area (Å²) in [6.07, 6.45) is 2.34. The van der Waals surface area contributed by atoms with E-state index in [4.69, 9.17) is 9.84 Å². The Labute approximate surface area is 108 Å². The van der Waals surface area contributed by atoms with Gasteiger partial charge >= 0.3 is 5.97 Å². The number of carboxylic acids is 1. The van der Waals surface area contributed by atoms with E-state index < -0.39 is 5.97 Å². The van der Waals surface area contributed by atoms with Crippen molar-refractivity contribution < 1.29 is 14.6 Å². The smallest absolute Gasteiger partial charge is 0.306 e. The van der Waals surface area contributed by atoms with Crippen molar-refractivity contribution in [2.45, 2.75) is 45.6 Å². The standard InChI is InChI=1S/C15H20O3/c1-9-4-5-12-6-7-13(8-14(12)18-9)10(2)11(3)15(16)17/h6-11H,4-5H2,1-3H3,(H,16,17). The van der Waals surface area contributed by atoms with Gasteiger partial charge in [0.2, 0.25) is 0 Å². The molecular weight excluding hydrogens is 228 g/mol. The lowest BCUT2D eigenvalue weighted by molar-refractivity contribution is -0.141. The van der Waals surface area contributed by atoms with E-state index in [2.05, 4.69) is 13.0 Å². The molecule has 0 spiro atoms. The van der Waals surface area contributed by atoms with Gasteiger partial charge in [-0.15, -0.1) is 0 Å². The lowest BCUT2D eigenvalue weighted by atomic mass is 9.87. The van der Waals surface area contributed by atoms with E-state index in [0.717, 1.165) is 24.2 Å². The van der Waals surface area contributed by atoms with Crippen LogP contribution in [0.5, 0.6) is 5.75 Å². The van der Waals surface area contributed by atoms with Crippen molar-refractivity contribution in [1.82, 2.24) is 0 Å². The molecule has 1 aromatic rings. The van der Waals surface area contributed by atoms with Crippen molar-refractivity contribution in [3.63, 3.8) is 0 Å². The second-order valence-electron chi connectivity index (χ2n) is 5.25. The zero-order valence-corrected chi connectivity index (χ0v) is 11.1. The molecule has 3 unspecified atom stereocenters. The number of benzene rings is 1. The molecule has 0 aromatic heterocycles. The number of aryl methyl sites for hydroxylation is 1. The summed E-state index contributed by atoms with van der Waals surface area (Å²) in [5.41, 5.74) is 2.27. The summed E-state index contributed by atoms with van der Waals surface area (Å²) in [6, 6.07) is 6.11. The topological polar surface area (TPSA) is 46.5 Å². The Morgan fingerprint density at radius 1 is 1.44 bits per heavy atom. The summed E-state index contributed by atoms with van der Waals surface area (Å²) in [5.74, 6) is -0.220. The van der Waals surface area contributed by atoms with Crippen molar-refractivity contribution in [3.8, 4) is 5.75 Å². The van der Waals surface area contributed by atoms with Gasteiger partial charge in [0, 0.05) is 0 Å². The van der Waals surface area contributed by atoms with E-state index in [0.29, 0.717) is 0 Å². The third kappa shape index (κ3) is 2.50. The van der Waals surface area contributed by atoms with Gasteiger partial charge in [-0.3, -0.25) is 4.79 Å². The molecule has 3 nitrogen and oxygen atoms in total. The van der Waals surface area contributed by atoms with Gasteiger partial charge in [-0.1, -0.05) is 26.0 Å². The van der Waals surface area contributed by atoms with Crippen LogP contribution in [-0.4, -0.2) is 17.2 Å². The Balaban J connectivity index is 2.25. The summed E-state index contributed by atoms with van der Waals surface area (Å²) in [7, 11) is 0. The zero-order chi connectivity index (χ0) is 13.3. The molecule has 1 N–H and O–H groups in total. The maximum Gasteiger partial charge on any atom is 0.306 e. The van der Waals surface area contributed by atoms with E-state index in [1.807, 2.05) is 19.1 Å². The first-order valence-electron chi connectivity index (χ1n) is 6.51. The minimum absolute atomic E-state index is 0.00590. The third-order valence-electron chi connectivity index (χ3n) is 3.90. The molecule has 0 amide bonds. The number of carbonyl (C=O) groups is 1. The molecule has 1 heterocycles. The molecular formula is C15H20O3. The lowest BCUT2D eigenvalue weighted by Gasteiger charge is -2.25. The highest BCUT2D eigenvalue weighted by Crippen LogP contribution is 2.33. The van der Waals surface area contributed by atoms with Gasteiger partial charge in [0.25, 0.3) is 0 Å². The Hall–Kier alpha value is -1.51. The number of ether oxygens (including phenoxy) is 1. The first-order valence-corrected chi connectivity index (χ1v) is 6.51. The molecule has 0 aliphatic carbocycles. The summed E-state index contributed by atoms with van der Waals surface area (Å²) < 4.78 is 5.82. The summed E-state index contributed by atoms with van der Waals surface area (Å²) in [4.78, 5) is 11.0. The molecule has 0 radical (unpaired) electrons. The predicted molar refractivity (Wildman–Crippen MR) is 70.1 cm³/mol. The Kier molecular flexibility index (Phi) is 3.60. The fourth-order valence-corrected chi connectivity index (χ4v) is 2.31. The molecule has 3 heteroatoms. The number of hydrogen-bond donors (Lipinski definition) is 1. The fraction of sp³-hybridized carbons (Fsp3) is 0.533. The van der Waals surface area contributed by atoms with Gasteiger partial charge in [0.05, 0.1) is 12.0 Å². The van der Waals surface area contributed by atoms with Crippen LogP contribution in [0.2, 0.25) is 0 Å². The van der Waals surface area contributed by atoms with Crippen molar-refractivity contribution in [2.75, 3.05) is 0 Å². The van der Waals surface area contributed by atoms with Crippen LogP contribution >= 0.6 is 0 Å². The van der Waals surface area contributed by atoms with Crippen molar-refractivity contribution in [1.29, 1.82) is 0 Å². The first-order chi connectivity index (χ1) is 8.49. The molecule has 98 valence electrons. The monoisotopic (exact) mass is 248 g/mol. The third-order valence-corrected chi connectivity index (χ3v) is 3.90. The van der Waals surface area contributed by atoms with Crippen molar-refractivity contribution >= 4 is 5.97 Å². The maximum absolute atomic E-state index is 11.0. The quantitative estimate of drug-likeness (QED) is 0.893. The van der Waals surface area contributed by atoms with E-state index >= 15 is 0 Å². The maximum atomic E-state index is 11.0. The summed E-state index contributed by atoms with van der Waals surface area (Å²) >= 11 is 0. The molecule has 3 atom stereocenters. The van der Waals surface area contributed by atoms with Crippen LogP contribution in [0.4, 0.5) is 0 Å². The molecule has 0 bridgehead atoms.